The summed E-state index contributed by atoms with van der Waals surface area (Å²) in [6, 6.07) is 7.19. The van der Waals surface area contributed by atoms with Crippen LogP contribution in [0.3, 0.4) is 0 Å². The molecule has 2 aromatic rings. The molecule has 0 aliphatic carbocycles. The normalized spacial score (nSPS) is 11.1. The average molecular weight is 394 g/mol. The fraction of sp³-hybridized carbons (Fsp3) is 0.188. The molecule has 1 aromatic carbocycles. The highest BCUT2D eigenvalue weighted by Crippen LogP contribution is 2.26. The highest BCUT2D eigenvalue weighted by atomic mass is 32.2. The van der Waals surface area contributed by atoms with Gasteiger partial charge in [0.25, 0.3) is 5.91 Å². The summed E-state index contributed by atoms with van der Waals surface area (Å²) in [5, 5.41) is 16.8. The third-order valence-electron chi connectivity index (χ3n) is 3.78. The van der Waals surface area contributed by atoms with Crippen LogP contribution in [0, 0.1) is 0 Å². The minimum absolute atomic E-state index is 0.114. The van der Waals surface area contributed by atoms with Crippen LogP contribution in [0.5, 0.6) is 0 Å². The largest absolute Gasteiger partial charge is 0.477 e. The first-order valence-corrected chi connectivity index (χ1v) is 9.11. The minimum Gasteiger partial charge on any atom is -0.477 e. The van der Waals surface area contributed by atoms with Crippen molar-refractivity contribution < 1.29 is 27.9 Å². The van der Waals surface area contributed by atoms with Gasteiger partial charge in [-0.1, -0.05) is 12.1 Å². The summed E-state index contributed by atoms with van der Waals surface area (Å²) in [6.07, 6.45) is 1.05. The number of rotatable bonds is 6. The Kier molecular flexibility index (Phi) is 5.66. The molecule has 0 aliphatic heterocycles. The molecule has 0 saturated carbocycles. The van der Waals surface area contributed by atoms with E-state index in [2.05, 4.69) is 5.32 Å². The molecular weight excluding hydrogens is 376 g/mol. The van der Waals surface area contributed by atoms with Gasteiger partial charge in [-0.15, -0.1) is 0 Å². The number of likely N-dealkylation sites (N-methyl/N-ethyl adjacent to an activating group) is 2. The molecule has 4 N–H and O–H groups in total. The summed E-state index contributed by atoms with van der Waals surface area (Å²) in [4.78, 5) is 36.4. The van der Waals surface area contributed by atoms with Crippen molar-refractivity contribution in [3.05, 3.63) is 47.8 Å². The summed E-state index contributed by atoms with van der Waals surface area (Å²) in [5.74, 6) is -2.18. The Morgan fingerprint density at radius 2 is 1.78 bits per heavy atom. The van der Waals surface area contributed by atoms with E-state index in [9.17, 15) is 27.9 Å². The highest BCUT2D eigenvalue weighted by Gasteiger charge is 2.23. The zero-order valence-electron chi connectivity index (χ0n) is 14.5. The lowest BCUT2D eigenvalue weighted by atomic mass is 10.0. The molecule has 0 bridgehead atoms. The first-order chi connectivity index (χ1) is 12.6. The van der Waals surface area contributed by atoms with Gasteiger partial charge in [-0.2, -0.15) is 8.42 Å². The number of benzene rings is 1. The van der Waals surface area contributed by atoms with Gasteiger partial charge in [-0.05, 0) is 23.8 Å². The number of carboxylic acid groups (broad SMARTS) is 1. The molecule has 144 valence electrons. The van der Waals surface area contributed by atoms with Crippen LogP contribution in [-0.4, -0.2) is 60.8 Å². The van der Waals surface area contributed by atoms with E-state index in [0.717, 1.165) is 6.20 Å². The summed E-state index contributed by atoms with van der Waals surface area (Å²) in [5.41, 5.74) is 0.302. The van der Waals surface area contributed by atoms with Crippen LogP contribution in [0.2, 0.25) is 0 Å². The van der Waals surface area contributed by atoms with Crippen molar-refractivity contribution in [2.24, 2.45) is 5.14 Å². The lowest BCUT2D eigenvalue weighted by Crippen LogP contribution is -2.36. The van der Waals surface area contributed by atoms with E-state index in [1.165, 1.54) is 49.3 Å². The predicted molar refractivity (Wildman–Crippen MR) is 96.4 cm³/mol. The number of nitrogens with zero attached hydrogens (tertiary/aromatic N) is 2. The summed E-state index contributed by atoms with van der Waals surface area (Å²) < 4.78 is 23.5. The number of amides is 2. The Balaban J connectivity index is 2.36. The molecule has 0 aliphatic rings. The highest BCUT2D eigenvalue weighted by molar-refractivity contribution is 7.87. The number of carbonyl (C=O) groups is 3. The number of nitrogens with one attached hydrogen (secondary N) is 1. The van der Waals surface area contributed by atoms with Gasteiger partial charge >= 0.3 is 16.2 Å². The molecular formula is C16H18N4O6S. The van der Waals surface area contributed by atoms with Gasteiger partial charge in [-0.3, -0.25) is 9.59 Å². The van der Waals surface area contributed by atoms with Crippen molar-refractivity contribution in [3.63, 3.8) is 0 Å². The fourth-order valence-electron chi connectivity index (χ4n) is 2.45. The van der Waals surface area contributed by atoms with Gasteiger partial charge < -0.3 is 15.3 Å². The first kappa shape index (κ1) is 20.1. The van der Waals surface area contributed by atoms with E-state index in [1.54, 1.807) is 0 Å². The lowest BCUT2D eigenvalue weighted by molar-refractivity contribution is -0.121. The topological polar surface area (TPSA) is 152 Å². The summed E-state index contributed by atoms with van der Waals surface area (Å²) in [6.45, 7) is -0.114. The monoisotopic (exact) mass is 394 g/mol. The number of aromatic carboxylic acids is 1. The molecule has 0 saturated heterocycles. The van der Waals surface area contributed by atoms with Crippen molar-refractivity contribution in [2.45, 2.75) is 0 Å². The molecule has 0 fully saturated rings. The van der Waals surface area contributed by atoms with Gasteiger partial charge in [0.05, 0.1) is 6.54 Å². The van der Waals surface area contributed by atoms with E-state index in [-0.39, 0.29) is 23.6 Å². The molecule has 0 spiro atoms. The van der Waals surface area contributed by atoms with Crippen molar-refractivity contribution >= 4 is 28.0 Å². The van der Waals surface area contributed by atoms with Crippen LogP contribution in [0.1, 0.15) is 20.8 Å². The molecule has 0 atom stereocenters. The lowest BCUT2D eigenvalue weighted by Gasteiger charge is -2.16. The maximum atomic E-state index is 12.3. The molecule has 2 amide bonds. The molecule has 1 heterocycles. The van der Waals surface area contributed by atoms with Crippen molar-refractivity contribution in [2.75, 3.05) is 20.6 Å². The van der Waals surface area contributed by atoms with E-state index < -0.39 is 27.8 Å². The van der Waals surface area contributed by atoms with Crippen LogP contribution in [-0.2, 0) is 15.0 Å². The fourth-order valence-corrected chi connectivity index (χ4v) is 3.11. The second kappa shape index (κ2) is 7.60. The van der Waals surface area contributed by atoms with Crippen molar-refractivity contribution in [1.29, 1.82) is 0 Å². The second-order valence-electron chi connectivity index (χ2n) is 5.64. The van der Waals surface area contributed by atoms with Gasteiger partial charge in [-0.25, -0.2) is 13.9 Å². The van der Waals surface area contributed by atoms with Crippen molar-refractivity contribution in [3.8, 4) is 11.1 Å². The third-order valence-corrected chi connectivity index (χ3v) is 4.63. The quantitative estimate of drug-likeness (QED) is 0.613. The molecule has 2 rings (SSSR count). The molecule has 11 heteroatoms. The van der Waals surface area contributed by atoms with E-state index in [4.69, 9.17) is 5.14 Å². The zero-order chi connectivity index (χ0) is 20.4. The Morgan fingerprint density at radius 3 is 2.26 bits per heavy atom. The first-order valence-electron chi connectivity index (χ1n) is 7.60. The molecule has 0 radical (unpaired) electrons. The molecule has 0 unspecified atom stereocenters. The van der Waals surface area contributed by atoms with Gasteiger partial charge in [0, 0.05) is 31.4 Å². The van der Waals surface area contributed by atoms with Crippen LogP contribution in [0.15, 0.2) is 36.5 Å². The maximum absolute atomic E-state index is 12.3. The maximum Gasteiger partial charge on any atom is 0.354 e. The number of hydrogen-bond acceptors (Lipinski definition) is 5. The Morgan fingerprint density at radius 1 is 1.19 bits per heavy atom. The Labute approximate surface area is 155 Å². The number of hydrogen-bond donors (Lipinski definition) is 3. The smallest absolute Gasteiger partial charge is 0.354 e. The second-order valence-corrected chi connectivity index (χ2v) is 7.06. The molecule has 1 aromatic heterocycles. The zero-order valence-corrected chi connectivity index (χ0v) is 15.4. The number of carbonyl (C=O) groups excluding carboxylic acids is 2. The molecule has 10 nitrogen and oxygen atoms in total. The van der Waals surface area contributed by atoms with Gasteiger partial charge in [0.2, 0.25) is 5.91 Å². The molecule has 27 heavy (non-hydrogen) atoms. The van der Waals surface area contributed by atoms with E-state index in [0.29, 0.717) is 9.54 Å². The van der Waals surface area contributed by atoms with E-state index in [1.807, 2.05) is 0 Å². The average Bonchev–Trinajstić information content (AvgIpc) is 3.06. The number of carboxylic acids is 1. The standard InChI is InChI=1S/C16H18N4O6S/c1-18-13(21)9-19(2)15(22)11-5-3-10(4-6-11)12-7-8-20(27(17,25)26)14(12)16(23)24/h3-8H,9H2,1-2H3,(H,18,21)(H,23,24)(H2,17,25,26). The van der Waals surface area contributed by atoms with Crippen molar-refractivity contribution in [1.82, 2.24) is 14.2 Å². The summed E-state index contributed by atoms with van der Waals surface area (Å²) in [7, 11) is -1.34. The Hall–Kier alpha value is -3.18. The van der Waals surface area contributed by atoms with Crippen LogP contribution in [0.25, 0.3) is 11.1 Å². The number of nitrogens with two attached hydrogens (primary N) is 1. The Bertz CT molecular complexity index is 994. The predicted octanol–water partition coefficient (Wildman–Crippen LogP) is -0.277. The van der Waals surface area contributed by atoms with Gasteiger partial charge in [0.15, 0.2) is 5.69 Å². The summed E-state index contributed by atoms with van der Waals surface area (Å²) >= 11 is 0. The SMILES string of the molecule is CNC(=O)CN(C)C(=O)c1ccc(-c2ccn(S(N)(=O)=O)c2C(=O)O)cc1. The van der Waals surface area contributed by atoms with Crippen LogP contribution >= 0.6 is 0 Å². The third kappa shape index (κ3) is 4.33. The number of aromatic nitrogens is 1. The van der Waals surface area contributed by atoms with E-state index >= 15 is 0 Å². The van der Waals surface area contributed by atoms with Crippen LogP contribution in [0.4, 0.5) is 0 Å². The van der Waals surface area contributed by atoms with Crippen LogP contribution < -0.4 is 10.5 Å². The van der Waals surface area contributed by atoms with Gasteiger partial charge in [0.1, 0.15) is 0 Å². The minimum atomic E-state index is -4.28.